The quantitative estimate of drug-likeness (QED) is 0.310. The predicted molar refractivity (Wildman–Crippen MR) is 152 cm³/mol. The van der Waals surface area contributed by atoms with Crippen LogP contribution in [0.5, 0.6) is 5.75 Å². The second kappa shape index (κ2) is 13.6. The van der Waals surface area contributed by atoms with Gasteiger partial charge in [-0.3, -0.25) is 9.69 Å². The Morgan fingerprint density at radius 1 is 0.838 bits per heavy atom. The number of fused-ring (bicyclic) bond motifs is 1. The molecule has 1 saturated heterocycles. The van der Waals surface area contributed by atoms with Crippen LogP contribution in [0, 0.1) is 5.92 Å². The molecular formula is C33H43NO3. The number of hydrogen-bond donors (Lipinski definition) is 0. The molecule has 0 N–H and O–H groups in total. The largest absolute Gasteiger partial charge is 0.490 e. The number of rotatable bonds is 7. The Kier molecular flexibility index (Phi) is 10.0. The van der Waals surface area contributed by atoms with Gasteiger partial charge in [0, 0.05) is 6.54 Å². The fourth-order valence-corrected chi connectivity index (χ4v) is 5.72. The molecular weight excluding hydrogens is 458 g/mol. The number of hydrogen-bond acceptors (Lipinski definition) is 4. The van der Waals surface area contributed by atoms with E-state index in [-0.39, 0.29) is 11.9 Å². The van der Waals surface area contributed by atoms with E-state index in [1.54, 1.807) is 0 Å². The summed E-state index contributed by atoms with van der Waals surface area (Å²) in [5, 5.41) is 2.48. The molecule has 1 aliphatic carbocycles. The molecule has 2 fully saturated rings. The first-order valence-electron chi connectivity index (χ1n) is 14.3. The van der Waals surface area contributed by atoms with E-state index in [0.29, 0.717) is 18.6 Å². The van der Waals surface area contributed by atoms with E-state index in [9.17, 15) is 4.79 Å². The average molecular weight is 502 g/mol. The monoisotopic (exact) mass is 501 g/mol. The average Bonchev–Trinajstić information content (AvgIpc) is 2.96. The van der Waals surface area contributed by atoms with Crippen molar-refractivity contribution in [3.63, 3.8) is 0 Å². The first-order chi connectivity index (χ1) is 18.2. The minimum Gasteiger partial charge on any atom is -0.490 e. The van der Waals surface area contributed by atoms with Crippen molar-refractivity contribution in [2.45, 2.75) is 77.9 Å². The molecule has 0 radical (unpaired) electrons. The van der Waals surface area contributed by atoms with Crippen LogP contribution in [0.25, 0.3) is 10.8 Å². The van der Waals surface area contributed by atoms with Crippen molar-refractivity contribution in [1.29, 1.82) is 0 Å². The van der Waals surface area contributed by atoms with Crippen LogP contribution in [0.15, 0.2) is 66.7 Å². The molecule has 37 heavy (non-hydrogen) atoms. The van der Waals surface area contributed by atoms with Gasteiger partial charge in [0.15, 0.2) is 0 Å². The maximum absolute atomic E-state index is 12.0. The Balaban J connectivity index is 0.00000156. The van der Waals surface area contributed by atoms with Gasteiger partial charge in [0.1, 0.15) is 5.75 Å². The number of ether oxygens (including phenoxy) is 2. The molecule has 3 aromatic carbocycles. The normalized spacial score (nSPS) is 20.6. The fourth-order valence-electron chi connectivity index (χ4n) is 5.72. The molecule has 1 aliphatic heterocycles. The highest BCUT2D eigenvalue weighted by atomic mass is 16.5. The molecule has 1 heterocycles. The van der Waals surface area contributed by atoms with Crippen LogP contribution in [-0.2, 0) is 16.1 Å². The van der Waals surface area contributed by atoms with Gasteiger partial charge < -0.3 is 9.47 Å². The van der Waals surface area contributed by atoms with Crippen LogP contribution in [-0.4, -0.2) is 36.7 Å². The topological polar surface area (TPSA) is 38.8 Å². The molecule has 0 bridgehead atoms. The molecule has 0 spiro atoms. The van der Waals surface area contributed by atoms with Crippen LogP contribution >= 0.6 is 0 Å². The van der Waals surface area contributed by atoms with Crippen molar-refractivity contribution >= 4 is 16.7 Å². The zero-order valence-corrected chi connectivity index (χ0v) is 22.8. The summed E-state index contributed by atoms with van der Waals surface area (Å²) in [6.45, 7) is 9.16. The third-order valence-corrected chi connectivity index (χ3v) is 7.74. The molecule has 2 aliphatic rings. The number of carbonyl (C=O) groups excluding carboxylic acids is 1. The van der Waals surface area contributed by atoms with E-state index in [4.69, 9.17) is 9.47 Å². The van der Waals surface area contributed by atoms with Crippen LogP contribution < -0.4 is 4.74 Å². The van der Waals surface area contributed by atoms with E-state index in [1.165, 1.54) is 34.7 Å². The van der Waals surface area contributed by atoms with Gasteiger partial charge in [0.25, 0.3) is 0 Å². The maximum atomic E-state index is 12.0. The SMILES string of the molecule is CC.CCOC(=O)C1CCN(Cc2ccc3cc(OC4CCC(c5ccccc5)CC4)ccc3c2)CC1. The lowest BCUT2D eigenvalue weighted by Gasteiger charge is -2.30. The van der Waals surface area contributed by atoms with Gasteiger partial charge in [-0.15, -0.1) is 0 Å². The van der Waals surface area contributed by atoms with Crippen molar-refractivity contribution in [2.24, 2.45) is 5.92 Å². The summed E-state index contributed by atoms with van der Waals surface area (Å²) in [6, 6.07) is 24.1. The highest BCUT2D eigenvalue weighted by molar-refractivity contribution is 5.84. The van der Waals surface area contributed by atoms with Gasteiger partial charge >= 0.3 is 5.97 Å². The number of piperidine rings is 1. The predicted octanol–water partition coefficient (Wildman–Crippen LogP) is 7.75. The third kappa shape index (κ3) is 7.35. The molecule has 0 aromatic heterocycles. The molecule has 0 amide bonds. The molecule has 5 rings (SSSR count). The van der Waals surface area contributed by atoms with Crippen molar-refractivity contribution in [3.8, 4) is 5.75 Å². The minimum atomic E-state index is -0.0277. The molecule has 0 unspecified atom stereocenters. The standard InChI is InChI=1S/C31H37NO3.C2H6/c1-2-34-31(33)26-16-18-32(19-17-26)22-23-8-9-28-21-30(15-12-27(28)20-23)35-29-13-10-25(11-14-29)24-6-4-3-5-7-24;1-2/h3-9,12,15,20-21,25-26,29H,2,10-11,13-14,16-19,22H2,1H3;1-2H3. The summed E-state index contributed by atoms with van der Waals surface area (Å²) < 4.78 is 11.6. The van der Waals surface area contributed by atoms with Gasteiger partial charge in [0.2, 0.25) is 0 Å². The molecule has 4 nitrogen and oxygen atoms in total. The second-order valence-electron chi connectivity index (χ2n) is 10.1. The Bertz CT molecular complexity index is 1110. The number of esters is 1. The number of carbonyl (C=O) groups is 1. The Morgan fingerprint density at radius 3 is 2.22 bits per heavy atom. The Hall–Kier alpha value is -2.85. The van der Waals surface area contributed by atoms with Crippen LogP contribution in [0.2, 0.25) is 0 Å². The summed E-state index contributed by atoms with van der Waals surface area (Å²) in [4.78, 5) is 14.4. The smallest absolute Gasteiger partial charge is 0.309 e. The summed E-state index contributed by atoms with van der Waals surface area (Å²) in [7, 11) is 0. The van der Waals surface area contributed by atoms with E-state index < -0.39 is 0 Å². The Labute approximate surface area is 223 Å². The third-order valence-electron chi connectivity index (χ3n) is 7.74. The van der Waals surface area contributed by atoms with Gasteiger partial charge in [-0.05, 0) is 105 Å². The van der Waals surface area contributed by atoms with Gasteiger partial charge in [-0.25, -0.2) is 0 Å². The highest BCUT2D eigenvalue weighted by Gasteiger charge is 2.26. The van der Waals surface area contributed by atoms with E-state index >= 15 is 0 Å². The highest BCUT2D eigenvalue weighted by Crippen LogP contribution is 2.35. The lowest BCUT2D eigenvalue weighted by Crippen LogP contribution is -2.36. The lowest BCUT2D eigenvalue weighted by atomic mass is 9.83. The van der Waals surface area contributed by atoms with E-state index in [1.807, 2.05) is 20.8 Å². The molecule has 198 valence electrons. The van der Waals surface area contributed by atoms with Gasteiger partial charge in [0.05, 0.1) is 18.6 Å². The molecule has 4 heteroatoms. The maximum Gasteiger partial charge on any atom is 0.309 e. The fraction of sp³-hybridized carbons (Fsp3) is 0.485. The van der Waals surface area contributed by atoms with Gasteiger partial charge in [-0.1, -0.05) is 62.4 Å². The number of nitrogens with zero attached hydrogens (tertiary/aromatic N) is 1. The van der Waals surface area contributed by atoms with Crippen LogP contribution in [0.1, 0.15) is 76.3 Å². The lowest BCUT2D eigenvalue weighted by molar-refractivity contribution is -0.149. The van der Waals surface area contributed by atoms with Gasteiger partial charge in [-0.2, -0.15) is 0 Å². The second-order valence-corrected chi connectivity index (χ2v) is 10.1. The van der Waals surface area contributed by atoms with Crippen molar-refractivity contribution in [2.75, 3.05) is 19.7 Å². The van der Waals surface area contributed by atoms with Crippen LogP contribution in [0.4, 0.5) is 0 Å². The summed E-state index contributed by atoms with van der Waals surface area (Å²) in [5.74, 6) is 1.69. The first kappa shape index (κ1) is 27.2. The first-order valence-corrected chi connectivity index (χ1v) is 14.3. The zero-order chi connectivity index (χ0) is 26.0. The van der Waals surface area contributed by atoms with Crippen LogP contribution in [0.3, 0.4) is 0 Å². The molecule has 0 atom stereocenters. The summed E-state index contributed by atoms with van der Waals surface area (Å²) >= 11 is 0. The van der Waals surface area contributed by atoms with Crippen molar-refractivity contribution < 1.29 is 14.3 Å². The van der Waals surface area contributed by atoms with Crippen molar-refractivity contribution in [3.05, 3.63) is 77.9 Å². The van der Waals surface area contributed by atoms with E-state index in [2.05, 4.69) is 71.6 Å². The van der Waals surface area contributed by atoms with E-state index in [0.717, 1.165) is 51.1 Å². The molecule has 1 saturated carbocycles. The Morgan fingerprint density at radius 2 is 1.51 bits per heavy atom. The summed E-state index contributed by atoms with van der Waals surface area (Å²) in [5.41, 5.74) is 2.79. The minimum absolute atomic E-state index is 0.0277. The van der Waals surface area contributed by atoms with Crippen molar-refractivity contribution in [1.82, 2.24) is 4.90 Å². The zero-order valence-electron chi connectivity index (χ0n) is 22.8. The number of likely N-dealkylation sites (tertiary alicyclic amines) is 1. The molecule has 3 aromatic rings. The summed E-state index contributed by atoms with van der Waals surface area (Å²) in [6.07, 6.45) is 6.71. The number of benzene rings is 3.